The Hall–Kier alpha value is -1.14. The Labute approximate surface area is 134 Å². The van der Waals surface area contributed by atoms with E-state index in [9.17, 15) is 10.0 Å². The first-order chi connectivity index (χ1) is 10.1. The molecule has 0 radical (unpaired) electrons. The van der Waals surface area contributed by atoms with Crippen molar-refractivity contribution in [3.63, 3.8) is 0 Å². The van der Waals surface area contributed by atoms with Gasteiger partial charge in [0.05, 0.1) is 7.11 Å². The quantitative estimate of drug-likeness (QED) is 0.802. The lowest BCUT2D eigenvalue weighted by atomic mass is 9.77. The van der Waals surface area contributed by atoms with Crippen molar-refractivity contribution in [3.8, 4) is 5.75 Å². The highest BCUT2D eigenvalue weighted by atomic mass is 35.5. The Bertz CT molecular complexity index is 590. The third kappa shape index (κ3) is 4.68. The van der Waals surface area contributed by atoms with Gasteiger partial charge in [-0.3, -0.25) is 0 Å². The molecule has 0 saturated carbocycles. The van der Waals surface area contributed by atoms with E-state index < -0.39 is 7.12 Å². The first kappa shape index (κ1) is 16.2. The number of ether oxygens (including phenoxy) is 1. The zero-order valence-electron chi connectivity index (χ0n) is 11.6. The fourth-order valence-electron chi connectivity index (χ4n) is 1.95. The van der Waals surface area contributed by atoms with Gasteiger partial charge >= 0.3 is 7.12 Å². The number of methoxy groups -OCH3 is 1. The molecule has 0 aliphatic carbocycles. The summed E-state index contributed by atoms with van der Waals surface area (Å²) < 4.78 is 5.18. The summed E-state index contributed by atoms with van der Waals surface area (Å²) in [5, 5.41) is 19.5. The van der Waals surface area contributed by atoms with Crippen LogP contribution in [0.4, 0.5) is 0 Å². The zero-order chi connectivity index (χ0) is 15.2. The number of halogens is 1. The summed E-state index contributed by atoms with van der Waals surface area (Å²) in [7, 11) is 0.122. The van der Waals surface area contributed by atoms with Crippen molar-refractivity contribution in [1.82, 2.24) is 0 Å². The fourth-order valence-corrected chi connectivity index (χ4v) is 3.07. The van der Waals surface area contributed by atoms with Crippen molar-refractivity contribution in [2.45, 2.75) is 11.5 Å². The topological polar surface area (TPSA) is 49.7 Å². The normalized spacial score (nSPS) is 10.5. The van der Waals surface area contributed by atoms with Crippen molar-refractivity contribution >= 4 is 35.9 Å². The maximum absolute atomic E-state index is 9.41. The molecular weight excluding hydrogens is 306 g/mol. The molecule has 0 aliphatic rings. The molecule has 21 heavy (non-hydrogen) atoms. The van der Waals surface area contributed by atoms with E-state index in [1.165, 1.54) is 5.56 Å². The van der Waals surface area contributed by atoms with Crippen molar-refractivity contribution in [1.29, 1.82) is 0 Å². The van der Waals surface area contributed by atoms with E-state index in [-0.39, 0.29) is 0 Å². The summed E-state index contributed by atoms with van der Waals surface area (Å²) in [6, 6.07) is 13.0. The largest absolute Gasteiger partial charge is 0.497 e. The average molecular weight is 323 g/mol. The number of rotatable bonds is 6. The van der Waals surface area contributed by atoms with Crippen LogP contribution in [0, 0.1) is 0 Å². The van der Waals surface area contributed by atoms with Crippen LogP contribution in [-0.2, 0) is 11.5 Å². The Morgan fingerprint density at radius 1 is 1.10 bits per heavy atom. The van der Waals surface area contributed by atoms with Crippen LogP contribution in [-0.4, -0.2) is 24.3 Å². The van der Waals surface area contributed by atoms with Crippen molar-refractivity contribution in [3.05, 3.63) is 58.6 Å². The van der Waals surface area contributed by atoms with Gasteiger partial charge < -0.3 is 14.8 Å². The van der Waals surface area contributed by atoms with Crippen molar-refractivity contribution in [2.24, 2.45) is 0 Å². The molecule has 0 bridgehead atoms. The smallest absolute Gasteiger partial charge is 0.488 e. The first-order valence-electron chi connectivity index (χ1n) is 6.45. The number of thioether (sulfide) groups is 1. The molecule has 0 fully saturated rings. The van der Waals surface area contributed by atoms with Crippen LogP contribution in [0.2, 0.25) is 5.02 Å². The van der Waals surface area contributed by atoms with E-state index >= 15 is 0 Å². The minimum atomic E-state index is -1.47. The van der Waals surface area contributed by atoms with E-state index in [2.05, 4.69) is 0 Å². The number of benzene rings is 2. The van der Waals surface area contributed by atoms with Crippen LogP contribution in [0.5, 0.6) is 5.75 Å². The Morgan fingerprint density at radius 2 is 1.81 bits per heavy atom. The molecule has 2 aromatic rings. The second kappa shape index (κ2) is 7.75. The van der Waals surface area contributed by atoms with Gasteiger partial charge in [0.1, 0.15) is 5.75 Å². The molecular formula is C15H16BClO3S. The van der Waals surface area contributed by atoms with Gasteiger partial charge in [0.25, 0.3) is 0 Å². The molecule has 2 N–H and O–H groups in total. The SMILES string of the molecule is COc1ccc(B(O)O)c(CSCc2ccc(Cl)cc2)c1. The van der Waals surface area contributed by atoms with Crippen LogP contribution in [0.3, 0.4) is 0 Å². The highest BCUT2D eigenvalue weighted by Gasteiger charge is 2.16. The van der Waals surface area contributed by atoms with Gasteiger partial charge in [0.2, 0.25) is 0 Å². The third-order valence-corrected chi connectivity index (χ3v) is 4.37. The minimum absolute atomic E-state index is 0.513. The van der Waals surface area contributed by atoms with Gasteiger partial charge in [-0.2, -0.15) is 11.8 Å². The van der Waals surface area contributed by atoms with E-state index in [4.69, 9.17) is 16.3 Å². The standard InChI is InChI=1S/C15H16BClO3S/c1-20-14-6-7-15(16(18)19)12(8-14)10-21-9-11-2-4-13(17)5-3-11/h2-8,18-19H,9-10H2,1H3. The number of hydrogen-bond donors (Lipinski definition) is 2. The summed E-state index contributed by atoms with van der Waals surface area (Å²) >= 11 is 7.55. The molecule has 0 aromatic heterocycles. The van der Waals surface area contributed by atoms with Gasteiger partial charge in [-0.05, 0) is 40.9 Å². The van der Waals surface area contributed by atoms with Gasteiger partial charge in [-0.25, -0.2) is 0 Å². The maximum Gasteiger partial charge on any atom is 0.488 e. The lowest BCUT2D eigenvalue weighted by Crippen LogP contribution is -2.32. The summed E-state index contributed by atoms with van der Waals surface area (Å²) in [6.07, 6.45) is 0. The van der Waals surface area contributed by atoms with Gasteiger partial charge in [0.15, 0.2) is 0 Å². The van der Waals surface area contributed by atoms with Gasteiger partial charge in [0, 0.05) is 16.5 Å². The first-order valence-corrected chi connectivity index (χ1v) is 7.98. The predicted octanol–water partition coefficient (Wildman–Crippen LogP) is 2.46. The molecule has 0 amide bonds. The summed E-state index contributed by atoms with van der Waals surface area (Å²) in [5.74, 6) is 2.21. The van der Waals surface area contributed by atoms with E-state index in [0.717, 1.165) is 16.3 Å². The molecule has 2 aromatic carbocycles. The van der Waals surface area contributed by atoms with E-state index in [1.807, 2.05) is 30.3 Å². The van der Waals surface area contributed by atoms with Crippen molar-refractivity contribution in [2.75, 3.05) is 7.11 Å². The molecule has 6 heteroatoms. The van der Waals surface area contributed by atoms with Crippen LogP contribution < -0.4 is 10.2 Å². The van der Waals surface area contributed by atoms with Crippen LogP contribution in [0.25, 0.3) is 0 Å². The van der Waals surface area contributed by atoms with E-state index in [0.29, 0.717) is 17.0 Å². The molecule has 0 unspecified atom stereocenters. The molecule has 0 spiro atoms. The Kier molecular flexibility index (Phi) is 6.00. The third-order valence-electron chi connectivity index (χ3n) is 3.07. The van der Waals surface area contributed by atoms with Gasteiger partial charge in [-0.15, -0.1) is 0 Å². The highest BCUT2D eigenvalue weighted by Crippen LogP contribution is 2.21. The second-order valence-electron chi connectivity index (χ2n) is 4.56. The Balaban J connectivity index is 2.03. The minimum Gasteiger partial charge on any atom is -0.497 e. The summed E-state index contributed by atoms with van der Waals surface area (Å²) in [5.41, 5.74) is 2.56. The van der Waals surface area contributed by atoms with Crippen LogP contribution >= 0.6 is 23.4 Å². The predicted molar refractivity (Wildman–Crippen MR) is 89.3 cm³/mol. The molecule has 0 aliphatic heterocycles. The van der Waals surface area contributed by atoms with E-state index in [1.54, 1.807) is 31.0 Å². The molecule has 3 nitrogen and oxygen atoms in total. The molecule has 0 atom stereocenters. The van der Waals surface area contributed by atoms with Gasteiger partial charge in [-0.1, -0.05) is 29.8 Å². The lowest BCUT2D eigenvalue weighted by molar-refractivity contribution is 0.413. The number of hydrogen-bond acceptors (Lipinski definition) is 4. The molecule has 110 valence electrons. The highest BCUT2D eigenvalue weighted by molar-refractivity contribution is 7.97. The fraction of sp³-hybridized carbons (Fsp3) is 0.200. The van der Waals surface area contributed by atoms with Crippen LogP contribution in [0.15, 0.2) is 42.5 Å². The molecule has 0 heterocycles. The van der Waals surface area contributed by atoms with Crippen LogP contribution in [0.1, 0.15) is 11.1 Å². The maximum atomic E-state index is 9.41. The summed E-state index contributed by atoms with van der Waals surface area (Å²) in [6.45, 7) is 0. The molecule has 2 rings (SSSR count). The Morgan fingerprint density at radius 3 is 2.43 bits per heavy atom. The van der Waals surface area contributed by atoms with Crippen molar-refractivity contribution < 1.29 is 14.8 Å². The second-order valence-corrected chi connectivity index (χ2v) is 5.98. The molecule has 0 saturated heterocycles. The average Bonchev–Trinajstić information content (AvgIpc) is 2.49. The lowest BCUT2D eigenvalue weighted by Gasteiger charge is -2.11. The zero-order valence-corrected chi connectivity index (χ0v) is 13.2. The summed E-state index contributed by atoms with van der Waals surface area (Å²) in [4.78, 5) is 0. The monoisotopic (exact) mass is 322 g/mol.